The van der Waals surface area contributed by atoms with Gasteiger partial charge in [-0.25, -0.2) is 0 Å². The number of rotatable bonds is 2. The lowest BCUT2D eigenvalue weighted by Gasteiger charge is -2.18. The minimum absolute atomic E-state index is 0.0265. The Morgan fingerprint density at radius 1 is 1.26 bits per heavy atom. The van der Waals surface area contributed by atoms with Gasteiger partial charge in [-0.05, 0) is 39.0 Å². The molecule has 0 aliphatic carbocycles. The fourth-order valence-electron chi connectivity index (χ4n) is 2.81. The van der Waals surface area contributed by atoms with Gasteiger partial charge in [0.05, 0.1) is 16.2 Å². The number of carbonyl (C=O) groups excluding carboxylic acids is 2. The van der Waals surface area contributed by atoms with Crippen molar-refractivity contribution in [1.82, 2.24) is 4.90 Å². The topological polar surface area (TPSA) is 40.6 Å². The summed E-state index contributed by atoms with van der Waals surface area (Å²) in [6.07, 6.45) is 0. The van der Waals surface area contributed by atoms with E-state index >= 15 is 0 Å². The first-order valence-corrected chi connectivity index (χ1v) is 9.30. The lowest BCUT2D eigenvalue weighted by molar-refractivity contribution is -0.123. The van der Waals surface area contributed by atoms with Crippen molar-refractivity contribution in [3.05, 3.63) is 33.1 Å². The van der Waals surface area contributed by atoms with Gasteiger partial charge in [0.1, 0.15) is 4.32 Å². The molecule has 0 N–H and O–H groups in total. The lowest BCUT2D eigenvalue weighted by atomic mass is 10.1. The standard InChI is InChI=1S/C16H15BrN2O2S2/c1-4-18-11-6-5-9(17)7-10(11)12(14(18)20)13-15(21)19(8(2)3)16(22)23-13/h5-8H,4H2,1-3H3/b13-12+. The average molecular weight is 411 g/mol. The van der Waals surface area contributed by atoms with Crippen molar-refractivity contribution in [3.63, 3.8) is 0 Å². The van der Waals surface area contributed by atoms with Crippen molar-refractivity contribution < 1.29 is 9.59 Å². The molecule has 23 heavy (non-hydrogen) atoms. The SMILES string of the molecule is CCN1C(=O)/C(=C2/SC(=S)N(C(C)C)C2=O)c2cc(Br)ccc21. The van der Waals surface area contributed by atoms with Crippen LogP contribution in [0.5, 0.6) is 0 Å². The number of anilines is 1. The first kappa shape index (κ1) is 16.7. The number of fused-ring (bicyclic) bond motifs is 1. The molecule has 4 nitrogen and oxygen atoms in total. The van der Waals surface area contributed by atoms with Gasteiger partial charge in [0, 0.05) is 22.6 Å². The number of halogens is 1. The van der Waals surface area contributed by atoms with Crippen LogP contribution in [0.3, 0.4) is 0 Å². The maximum absolute atomic E-state index is 12.8. The van der Waals surface area contributed by atoms with E-state index in [4.69, 9.17) is 12.2 Å². The minimum Gasteiger partial charge on any atom is -0.308 e. The normalized spacial score (nSPS) is 21.0. The van der Waals surface area contributed by atoms with E-state index in [0.717, 1.165) is 15.7 Å². The largest absolute Gasteiger partial charge is 0.308 e. The van der Waals surface area contributed by atoms with E-state index in [1.807, 2.05) is 39.0 Å². The Bertz CT molecular complexity index is 773. The van der Waals surface area contributed by atoms with Crippen LogP contribution >= 0.6 is 39.9 Å². The summed E-state index contributed by atoms with van der Waals surface area (Å²) in [4.78, 5) is 29.3. The summed E-state index contributed by atoms with van der Waals surface area (Å²) in [7, 11) is 0. The first-order valence-electron chi connectivity index (χ1n) is 7.28. The molecule has 0 bridgehead atoms. The van der Waals surface area contributed by atoms with Crippen LogP contribution in [0.4, 0.5) is 5.69 Å². The minimum atomic E-state index is -0.178. The van der Waals surface area contributed by atoms with Gasteiger partial charge >= 0.3 is 0 Å². The molecule has 1 aromatic carbocycles. The van der Waals surface area contributed by atoms with Crippen molar-refractivity contribution >= 4 is 67.3 Å². The summed E-state index contributed by atoms with van der Waals surface area (Å²) in [5, 5.41) is 0. The average Bonchev–Trinajstić information content (AvgIpc) is 2.91. The quantitative estimate of drug-likeness (QED) is 0.549. The van der Waals surface area contributed by atoms with Crippen LogP contribution in [-0.4, -0.2) is 33.6 Å². The highest BCUT2D eigenvalue weighted by Crippen LogP contribution is 2.45. The summed E-state index contributed by atoms with van der Waals surface area (Å²) < 4.78 is 1.38. The van der Waals surface area contributed by atoms with E-state index in [2.05, 4.69) is 15.9 Å². The zero-order valence-electron chi connectivity index (χ0n) is 12.9. The smallest absolute Gasteiger partial charge is 0.267 e. The molecule has 0 spiro atoms. The van der Waals surface area contributed by atoms with E-state index < -0.39 is 0 Å². The van der Waals surface area contributed by atoms with Gasteiger partial charge in [-0.3, -0.25) is 14.5 Å². The molecule has 0 radical (unpaired) electrons. The maximum atomic E-state index is 12.8. The van der Waals surface area contributed by atoms with Crippen molar-refractivity contribution in [1.29, 1.82) is 0 Å². The molecular formula is C16H15BrN2O2S2. The summed E-state index contributed by atoms with van der Waals surface area (Å²) in [5.74, 6) is -0.313. The van der Waals surface area contributed by atoms with Crippen LogP contribution in [0.15, 0.2) is 27.6 Å². The van der Waals surface area contributed by atoms with Gasteiger partial charge < -0.3 is 4.90 Å². The van der Waals surface area contributed by atoms with Crippen LogP contribution in [0.2, 0.25) is 0 Å². The Labute approximate surface area is 153 Å². The zero-order chi connectivity index (χ0) is 16.9. The van der Waals surface area contributed by atoms with Gasteiger partial charge in [-0.2, -0.15) is 0 Å². The number of amides is 2. The molecule has 1 aromatic rings. The van der Waals surface area contributed by atoms with E-state index in [-0.39, 0.29) is 17.9 Å². The zero-order valence-corrected chi connectivity index (χ0v) is 16.1. The second-order valence-corrected chi connectivity index (χ2v) is 8.11. The van der Waals surface area contributed by atoms with Gasteiger partial charge in [-0.1, -0.05) is 39.9 Å². The Morgan fingerprint density at radius 2 is 1.96 bits per heavy atom. The monoisotopic (exact) mass is 410 g/mol. The number of thiocarbonyl (C=S) groups is 1. The Morgan fingerprint density at radius 3 is 2.52 bits per heavy atom. The fraction of sp³-hybridized carbons (Fsp3) is 0.312. The van der Waals surface area contributed by atoms with Crippen molar-refractivity contribution in [2.45, 2.75) is 26.8 Å². The molecule has 0 unspecified atom stereocenters. The molecule has 2 amide bonds. The lowest BCUT2D eigenvalue weighted by Crippen LogP contribution is -2.35. The second kappa shape index (κ2) is 6.03. The van der Waals surface area contributed by atoms with Crippen LogP contribution < -0.4 is 4.90 Å². The third kappa shape index (κ3) is 2.55. The van der Waals surface area contributed by atoms with E-state index in [1.54, 1.807) is 9.80 Å². The molecule has 0 atom stereocenters. The molecule has 2 aliphatic heterocycles. The number of thioether (sulfide) groups is 1. The van der Waals surface area contributed by atoms with Crippen molar-refractivity contribution in [2.24, 2.45) is 0 Å². The Hall–Kier alpha value is -1.18. The number of hydrogen-bond donors (Lipinski definition) is 0. The highest BCUT2D eigenvalue weighted by Gasteiger charge is 2.42. The number of likely N-dealkylation sites (N-methyl/N-ethyl adjacent to an activating group) is 1. The van der Waals surface area contributed by atoms with Crippen LogP contribution in [0.1, 0.15) is 26.3 Å². The summed E-state index contributed by atoms with van der Waals surface area (Å²) in [5.41, 5.74) is 2.09. The van der Waals surface area contributed by atoms with Gasteiger partial charge in [-0.15, -0.1) is 0 Å². The summed E-state index contributed by atoms with van der Waals surface area (Å²) >= 11 is 9.99. The Kier molecular flexibility index (Phi) is 4.37. The summed E-state index contributed by atoms with van der Waals surface area (Å²) in [6.45, 7) is 6.31. The van der Waals surface area contributed by atoms with Crippen LogP contribution in [0, 0.1) is 0 Å². The molecule has 120 valence electrons. The van der Waals surface area contributed by atoms with Crippen molar-refractivity contribution in [2.75, 3.05) is 11.4 Å². The number of carbonyl (C=O) groups is 2. The van der Waals surface area contributed by atoms with Gasteiger partial charge in [0.2, 0.25) is 0 Å². The summed E-state index contributed by atoms with van der Waals surface area (Å²) in [6, 6.07) is 5.66. The van der Waals surface area contributed by atoms with Crippen LogP contribution in [-0.2, 0) is 9.59 Å². The van der Waals surface area contributed by atoms with Gasteiger partial charge in [0.25, 0.3) is 11.8 Å². The number of nitrogens with zero attached hydrogens (tertiary/aromatic N) is 2. The molecule has 3 rings (SSSR count). The van der Waals surface area contributed by atoms with Gasteiger partial charge in [0.15, 0.2) is 0 Å². The van der Waals surface area contributed by atoms with Crippen molar-refractivity contribution in [3.8, 4) is 0 Å². The number of hydrogen-bond acceptors (Lipinski definition) is 4. The highest BCUT2D eigenvalue weighted by atomic mass is 79.9. The predicted molar refractivity (Wildman–Crippen MR) is 101 cm³/mol. The molecule has 2 aliphatic rings. The second-order valence-electron chi connectivity index (χ2n) is 5.55. The number of benzene rings is 1. The molecule has 0 aromatic heterocycles. The fourth-order valence-corrected chi connectivity index (χ4v) is 4.77. The van der Waals surface area contributed by atoms with E-state index in [0.29, 0.717) is 21.3 Å². The van der Waals surface area contributed by atoms with E-state index in [1.165, 1.54) is 11.8 Å². The maximum Gasteiger partial charge on any atom is 0.267 e. The molecule has 7 heteroatoms. The third-order valence-electron chi connectivity index (χ3n) is 3.84. The van der Waals surface area contributed by atoms with Crippen LogP contribution in [0.25, 0.3) is 5.57 Å². The predicted octanol–water partition coefficient (Wildman–Crippen LogP) is 3.80. The first-order chi connectivity index (χ1) is 10.9. The third-order valence-corrected chi connectivity index (χ3v) is 5.73. The molecule has 1 fully saturated rings. The molecule has 1 saturated heterocycles. The van der Waals surface area contributed by atoms with E-state index in [9.17, 15) is 9.59 Å². The highest BCUT2D eigenvalue weighted by molar-refractivity contribution is 9.10. The molecule has 0 saturated carbocycles. The Balaban J connectivity index is 2.21. The molecular weight excluding hydrogens is 396 g/mol. The molecule has 2 heterocycles.